The molecule has 6 rings (SSSR count). The standard InChI is InChI=1S/C40H41N/c1-39(2,3)27-36(40(4,5)6)30-17-21-33(22-18-30)41-37-23-19-31(28-13-9-7-10-14-28)25-34(37)35-26-32(20-24-38(35)41)29-15-11-8-12-16-29/h7-26,36H,27H2,1-6H3. The number of nitrogens with zero attached hydrogens (tertiary/aromatic N) is 1. The van der Waals surface area contributed by atoms with E-state index >= 15 is 0 Å². The molecule has 1 heteroatoms. The summed E-state index contributed by atoms with van der Waals surface area (Å²) in [6.07, 6.45) is 1.16. The van der Waals surface area contributed by atoms with E-state index in [1.165, 1.54) is 55.3 Å². The molecule has 5 aromatic carbocycles. The minimum atomic E-state index is 0.198. The van der Waals surface area contributed by atoms with Crippen LogP contribution in [0.25, 0.3) is 49.7 Å². The van der Waals surface area contributed by atoms with Gasteiger partial charge in [0.25, 0.3) is 0 Å². The lowest BCUT2D eigenvalue weighted by Crippen LogP contribution is -2.23. The Hall–Kier alpha value is -4.10. The largest absolute Gasteiger partial charge is 0.309 e. The molecule has 206 valence electrons. The lowest BCUT2D eigenvalue weighted by molar-refractivity contribution is 0.229. The monoisotopic (exact) mass is 535 g/mol. The molecule has 0 aliphatic carbocycles. The Morgan fingerprint density at radius 2 is 0.976 bits per heavy atom. The van der Waals surface area contributed by atoms with E-state index in [-0.39, 0.29) is 10.8 Å². The van der Waals surface area contributed by atoms with Crippen molar-refractivity contribution in [3.05, 3.63) is 127 Å². The zero-order chi connectivity index (χ0) is 28.8. The second kappa shape index (κ2) is 10.4. The van der Waals surface area contributed by atoms with E-state index < -0.39 is 0 Å². The maximum Gasteiger partial charge on any atom is 0.0541 e. The average Bonchev–Trinajstić information content (AvgIpc) is 3.29. The van der Waals surface area contributed by atoms with Crippen LogP contribution in [-0.2, 0) is 0 Å². The quantitative estimate of drug-likeness (QED) is 0.207. The normalized spacial score (nSPS) is 13.1. The first-order chi connectivity index (χ1) is 19.6. The number of fused-ring (bicyclic) bond motifs is 3. The third-order valence-corrected chi connectivity index (χ3v) is 8.39. The van der Waals surface area contributed by atoms with Crippen LogP contribution in [0.3, 0.4) is 0 Å². The van der Waals surface area contributed by atoms with E-state index in [9.17, 15) is 0 Å². The molecule has 0 amide bonds. The lowest BCUT2D eigenvalue weighted by atomic mass is 9.69. The number of rotatable bonds is 5. The zero-order valence-electron chi connectivity index (χ0n) is 25.3. The Balaban J connectivity index is 1.52. The molecule has 1 heterocycles. The van der Waals surface area contributed by atoms with E-state index in [0.717, 1.165) is 6.42 Å². The van der Waals surface area contributed by atoms with Crippen LogP contribution in [0.2, 0.25) is 0 Å². The molecule has 0 radical (unpaired) electrons. The van der Waals surface area contributed by atoms with Crippen molar-refractivity contribution in [2.75, 3.05) is 0 Å². The van der Waals surface area contributed by atoms with Crippen molar-refractivity contribution in [1.82, 2.24) is 4.57 Å². The van der Waals surface area contributed by atoms with Crippen molar-refractivity contribution in [1.29, 1.82) is 0 Å². The number of hydrogen-bond donors (Lipinski definition) is 0. The summed E-state index contributed by atoms with van der Waals surface area (Å²) in [6.45, 7) is 14.2. The third-order valence-electron chi connectivity index (χ3n) is 8.39. The molecule has 1 nitrogen and oxygen atoms in total. The van der Waals surface area contributed by atoms with Gasteiger partial charge in [0, 0.05) is 16.5 Å². The van der Waals surface area contributed by atoms with Crippen LogP contribution in [0, 0.1) is 10.8 Å². The number of hydrogen-bond acceptors (Lipinski definition) is 0. The fraction of sp³-hybridized carbons (Fsp3) is 0.250. The zero-order valence-corrected chi connectivity index (χ0v) is 25.3. The topological polar surface area (TPSA) is 4.93 Å². The van der Waals surface area contributed by atoms with Gasteiger partial charge in [-0.1, -0.05) is 126 Å². The smallest absolute Gasteiger partial charge is 0.0541 e. The average molecular weight is 536 g/mol. The summed E-state index contributed by atoms with van der Waals surface area (Å²) in [6, 6.07) is 44.6. The molecule has 0 N–H and O–H groups in total. The highest BCUT2D eigenvalue weighted by molar-refractivity contribution is 6.11. The van der Waals surface area contributed by atoms with Crippen molar-refractivity contribution >= 4 is 21.8 Å². The SMILES string of the molecule is CC(C)(C)CC(c1ccc(-n2c3ccc(-c4ccccc4)cc3c3cc(-c4ccccc4)ccc32)cc1)C(C)(C)C. The van der Waals surface area contributed by atoms with Crippen molar-refractivity contribution < 1.29 is 0 Å². The van der Waals surface area contributed by atoms with Gasteiger partial charge in [-0.05, 0) is 87.4 Å². The molecule has 0 saturated carbocycles. The summed E-state index contributed by atoms with van der Waals surface area (Å²) in [5, 5.41) is 2.56. The van der Waals surface area contributed by atoms with Gasteiger partial charge in [-0.3, -0.25) is 0 Å². The Bertz CT molecular complexity index is 1690. The van der Waals surface area contributed by atoms with Crippen LogP contribution >= 0.6 is 0 Å². The van der Waals surface area contributed by atoms with Crippen LogP contribution in [0.5, 0.6) is 0 Å². The molecule has 0 aliphatic heterocycles. The van der Waals surface area contributed by atoms with Gasteiger partial charge in [0.1, 0.15) is 0 Å². The molecule has 1 unspecified atom stereocenters. The first-order valence-corrected chi connectivity index (χ1v) is 14.9. The molecular formula is C40H41N. The van der Waals surface area contributed by atoms with Crippen molar-refractivity contribution in [3.63, 3.8) is 0 Å². The Morgan fingerprint density at radius 3 is 1.39 bits per heavy atom. The first-order valence-electron chi connectivity index (χ1n) is 14.9. The highest BCUT2D eigenvalue weighted by Gasteiger charge is 2.30. The van der Waals surface area contributed by atoms with Gasteiger partial charge in [0.15, 0.2) is 0 Å². The minimum absolute atomic E-state index is 0.198. The second-order valence-corrected chi connectivity index (χ2v) is 13.8. The van der Waals surface area contributed by atoms with Gasteiger partial charge < -0.3 is 4.57 Å². The van der Waals surface area contributed by atoms with Gasteiger partial charge in [0.2, 0.25) is 0 Å². The van der Waals surface area contributed by atoms with Gasteiger partial charge in [-0.2, -0.15) is 0 Å². The molecule has 1 atom stereocenters. The van der Waals surface area contributed by atoms with Crippen molar-refractivity contribution in [2.45, 2.75) is 53.9 Å². The maximum atomic E-state index is 2.44. The predicted octanol–water partition coefficient (Wildman–Crippen LogP) is 11.7. The number of aromatic nitrogens is 1. The third kappa shape index (κ3) is 5.46. The fourth-order valence-corrected chi connectivity index (χ4v) is 6.31. The van der Waals surface area contributed by atoms with Crippen molar-refractivity contribution in [3.8, 4) is 27.9 Å². The van der Waals surface area contributed by atoms with Crippen LogP contribution in [0.15, 0.2) is 121 Å². The highest BCUT2D eigenvalue weighted by atomic mass is 15.0. The van der Waals surface area contributed by atoms with E-state index in [0.29, 0.717) is 5.92 Å². The summed E-state index contributed by atoms with van der Waals surface area (Å²) in [5.74, 6) is 0.497. The summed E-state index contributed by atoms with van der Waals surface area (Å²) >= 11 is 0. The van der Waals surface area contributed by atoms with Crippen LogP contribution in [-0.4, -0.2) is 4.57 Å². The Labute approximate surface area is 245 Å². The minimum Gasteiger partial charge on any atom is -0.309 e. The van der Waals surface area contributed by atoms with Crippen LogP contribution in [0.1, 0.15) is 59.4 Å². The van der Waals surface area contributed by atoms with Gasteiger partial charge in [0.05, 0.1) is 11.0 Å². The Morgan fingerprint density at radius 1 is 0.512 bits per heavy atom. The number of benzene rings is 5. The first kappa shape index (κ1) is 27.1. The van der Waals surface area contributed by atoms with E-state index in [1.807, 2.05) is 0 Å². The maximum absolute atomic E-state index is 2.44. The molecule has 1 aromatic heterocycles. The summed E-state index contributed by atoms with van der Waals surface area (Å²) in [4.78, 5) is 0. The van der Waals surface area contributed by atoms with Gasteiger partial charge in [-0.15, -0.1) is 0 Å². The molecule has 0 fully saturated rings. The van der Waals surface area contributed by atoms with E-state index in [2.05, 4.69) is 167 Å². The van der Waals surface area contributed by atoms with Crippen molar-refractivity contribution in [2.24, 2.45) is 10.8 Å². The second-order valence-electron chi connectivity index (χ2n) is 13.8. The highest BCUT2D eigenvalue weighted by Crippen LogP contribution is 2.44. The molecule has 0 spiro atoms. The molecular weight excluding hydrogens is 494 g/mol. The van der Waals surface area contributed by atoms with Crippen LogP contribution < -0.4 is 0 Å². The molecule has 0 bridgehead atoms. The molecule has 0 saturated heterocycles. The molecule has 41 heavy (non-hydrogen) atoms. The van der Waals surface area contributed by atoms with E-state index in [1.54, 1.807) is 0 Å². The molecule has 6 aromatic rings. The predicted molar refractivity (Wildman–Crippen MR) is 178 cm³/mol. The Kier molecular flexibility index (Phi) is 6.86. The van der Waals surface area contributed by atoms with Gasteiger partial charge >= 0.3 is 0 Å². The molecule has 0 aliphatic rings. The lowest BCUT2D eigenvalue weighted by Gasteiger charge is -2.36. The summed E-state index contributed by atoms with van der Waals surface area (Å²) in [5.41, 5.74) is 10.5. The van der Waals surface area contributed by atoms with Gasteiger partial charge in [-0.25, -0.2) is 0 Å². The fourth-order valence-electron chi connectivity index (χ4n) is 6.31. The summed E-state index contributed by atoms with van der Waals surface area (Å²) in [7, 11) is 0. The summed E-state index contributed by atoms with van der Waals surface area (Å²) < 4.78 is 2.44. The van der Waals surface area contributed by atoms with Crippen LogP contribution in [0.4, 0.5) is 0 Å². The van der Waals surface area contributed by atoms with E-state index in [4.69, 9.17) is 0 Å².